The second kappa shape index (κ2) is 5.60. The molecule has 1 atom stereocenters. The predicted octanol–water partition coefficient (Wildman–Crippen LogP) is 2.17. The van der Waals surface area contributed by atoms with Gasteiger partial charge in [-0.3, -0.25) is 4.98 Å². The van der Waals surface area contributed by atoms with Crippen LogP contribution in [0.4, 0.5) is 5.82 Å². The van der Waals surface area contributed by atoms with Crippen molar-refractivity contribution in [3.05, 3.63) is 54.0 Å². The normalized spacial score (nSPS) is 12.2. The van der Waals surface area contributed by atoms with Crippen LogP contribution < -0.4 is 4.90 Å². The van der Waals surface area contributed by atoms with E-state index in [-0.39, 0.29) is 0 Å². The van der Waals surface area contributed by atoms with Gasteiger partial charge in [-0.05, 0) is 24.6 Å². The molecule has 1 N–H and O–H groups in total. The molecule has 18 heavy (non-hydrogen) atoms. The van der Waals surface area contributed by atoms with Gasteiger partial charge in [-0.2, -0.15) is 0 Å². The van der Waals surface area contributed by atoms with Crippen LogP contribution in [0.5, 0.6) is 0 Å². The highest BCUT2D eigenvalue weighted by molar-refractivity contribution is 5.47. The van der Waals surface area contributed by atoms with Gasteiger partial charge in [0.25, 0.3) is 0 Å². The van der Waals surface area contributed by atoms with Crippen LogP contribution in [0, 0.1) is 0 Å². The maximum atomic E-state index is 9.74. The van der Waals surface area contributed by atoms with Crippen LogP contribution in [-0.2, 0) is 6.54 Å². The SMILES string of the molecule is C[C@H](O)c1cccnc1N(C)Cc1cccnc1. The molecular weight excluding hydrogens is 226 g/mol. The van der Waals surface area contributed by atoms with E-state index in [4.69, 9.17) is 0 Å². The highest BCUT2D eigenvalue weighted by Crippen LogP contribution is 2.23. The number of hydrogen-bond donors (Lipinski definition) is 1. The first kappa shape index (κ1) is 12.5. The molecule has 0 fully saturated rings. The fraction of sp³-hybridized carbons (Fsp3) is 0.286. The molecule has 0 aromatic carbocycles. The summed E-state index contributed by atoms with van der Waals surface area (Å²) in [5, 5.41) is 9.74. The quantitative estimate of drug-likeness (QED) is 0.894. The molecule has 4 nitrogen and oxygen atoms in total. The Labute approximate surface area is 107 Å². The van der Waals surface area contributed by atoms with Gasteiger partial charge in [-0.1, -0.05) is 12.1 Å². The van der Waals surface area contributed by atoms with Crippen LogP contribution in [0.2, 0.25) is 0 Å². The van der Waals surface area contributed by atoms with Crippen LogP contribution in [0.3, 0.4) is 0 Å². The van der Waals surface area contributed by atoms with Gasteiger partial charge in [0, 0.05) is 37.7 Å². The van der Waals surface area contributed by atoms with E-state index in [2.05, 4.69) is 9.97 Å². The lowest BCUT2D eigenvalue weighted by molar-refractivity contribution is 0.199. The zero-order valence-electron chi connectivity index (χ0n) is 10.6. The molecule has 0 aliphatic rings. The Bertz CT molecular complexity index is 499. The van der Waals surface area contributed by atoms with E-state index in [9.17, 15) is 5.11 Å². The number of aliphatic hydroxyl groups excluding tert-OH is 1. The van der Waals surface area contributed by atoms with E-state index in [1.807, 2.05) is 42.4 Å². The van der Waals surface area contributed by atoms with E-state index in [1.54, 1.807) is 19.3 Å². The van der Waals surface area contributed by atoms with Crippen LogP contribution in [0.15, 0.2) is 42.9 Å². The summed E-state index contributed by atoms with van der Waals surface area (Å²) in [4.78, 5) is 10.4. The van der Waals surface area contributed by atoms with Gasteiger partial charge in [-0.25, -0.2) is 4.98 Å². The number of pyridine rings is 2. The van der Waals surface area contributed by atoms with Crippen molar-refractivity contribution in [1.82, 2.24) is 9.97 Å². The van der Waals surface area contributed by atoms with E-state index >= 15 is 0 Å². The van der Waals surface area contributed by atoms with E-state index in [0.717, 1.165) is 16.9 Å². The summed E-state index contributed by atoms with van der Waals surface area (Å²) < 4.78 is 0. The summed E-state index contributed by atoms with van der Waals surface area (Å²) >= 11 is 0. The predicted molar refractivity (Wildman–Crippen MR) is 71.2 cm³/mol. The van der Waals surface area contributed by atoms with Crippen molar-refractivity contribution in [2.75, 3.05) is 11.9 Å². The molecule has 0 amide bonds. The summed E-state index contributed by atoms with van der Waals surface area (Å²) in [6.07, 6.45) is 4.80. The zero-order valence-corrected chi connectivity index (χ0v) is 10.6. The number of hydrogen-bond acceptors (Lipinski definition) is 4. The molecule has 0 saturated heterocycles. The van der Waals surface area contributed by atoms with Crippen molar-refractivity contribution in [2.24, 2.45) is 0 Å². The Morgan fingerprint density at radius 3 is 2.72 bits per heavy atom. The monoisotopic (exact) mass is 243 g/mol. The van der Waals surface area contributed by atoms with E-state index in [1.165, 1.54) is 0 Å². The van der Waals surface area contributed by atoms with Gasteiger partial charge in [0.15, 0.2) is 0 Å². The molecule has 94 valence electrons. The Morgan fingerprint density at radius 1 is 1.28 bits per heavy atom. The minimum absolute atomic E-state index is 0.523. The molecule has 0 unspecified atom stereocenters. The number of anilines is 1. The first-order valence-corrected chi connectivity index (χ1v) is 5.91. The Morgan fingerprint density at radius 2 is 2.06 bits per heavy atom. The van der Waals surface area contributed by atoms with Gasteiger partial charge < -0.3 is 10.0 Å². The lowest BCUT2D eigenvalue weighted by atomic mass is 10.1. The van der Waals surface area contributed by atoms with Crippen LogP contribution >= 0.6 is 0 Å². The minimum Gasteiger partial charge on any atom is -0.389 e. The maximum Gasteiger partial charge on any atom is 0.134 e. The molecule has 0 bridgehead atoms. The smallest absolute Gasteiger partial charge is 0.134 e. The van der Waals surface area contributed by atoms with Crippen LogP contribution in [0.1, 0.15) is 24.2 Å². The van der Waals surface area contributed by atoms with Gasteiger partial charge in [0.1, 0.15) is 5.82 Å². The second-order valence-electron chi connectivity index (χ2n) is 4.31. The third-order valence-corrected chi connectivity index (χ3v) is 2.77. The van der Waals surface area contributed by atoms with Gasteiger partial charge >= 0.3 is 0 Å². The van der Waals surface area contributed by atoms with Crippen molar-refractivity contribution in [2.45, 2.75) is 19.6 Å². The molecule has 0 saturated carbocycles. The third kappa shape index (κ3) is 2.84. The van der Waals surface area contributed by atoms with Crippen LogP contribution in [-0.4, -0.2) is 22.1 Å². The highest BCUT2D eigenvalue weighted by atomic mass is 16.3. The average molecular weight is 243 g/mol. The third-order valence-electron chi connectivity index (χ3n) is 2.77. The standard InChI is InChI=1S/C14H17N3O/c1-11(18)13-6-4-8-16-14(13)17(2)10-12-5-3-7-15-9-12/h3-9,11,18H,10H2,1-2H3/t11-/m0/s1. The van der Waals surface area contributed by atoms with E-state index in [0.29, 0.717) is 6.54 Å². The lowest BCUT2D eigenvalue weighted by Gasteiger charge is -2.22. The topological polar surface area (TPSA) is 49.3 Å². The van der Waals surface area contributed by atoms with Crippen molar-refractivity contribution in [1.29, 1.82) is 0 Å². The van der Waals surface area contributed by atoms with Crippen molar-refractivity contribution in [3.8, 4) is 0 Å². The molecule has 2 aromatic heterocycles. The fourth-order valence-corrected chi connectivity index (χ4v) is 1.89. The molecule has 4 heteroatoms. The minimum atomic E-state index is -0.523. The van der Waals surface area contributed by atoms with Crippen molar-refractivity contribution in [3.63, 3.8) is 0 Å². The highest BCUT2D eigenvalue weighted by Gasteiger charge is 2.12. The van der Waals surface area contributed by atoms with Crippen LogP contribution in [0.25, 0.3) is 0 Å². The molecule has 0 spiro atoms. The summed E-state index contributed by atoms with van der Waals surface area (Å²) in [6, 6.07) is 7.67. The molecule has 0 aliphatic heterocycles. The molecular formula is C14H17N3O. The lowest BCUT2D eigenvalue weighted by Crippen LogP contribution is -2.20. The maximum absolute atomic E-state index is 9.74. The Balaban J connectivity index is 2.21. The number of nitrogens with zero attached hydrogens (tertiary/aromatic N) is 3. The summed E-state index contributed by atoms with van der Waals surface area (Å²) in [7, 11) is 1.96. The van der Waals surface area contributed by atoms with Crippen molar-refractivity contribution < 1.29 is 5.11 Å². The average Bonchev–Trinajstić information content (AvgIpc) is 2.40. The first-order chi connectivity index (χ1) is 8.68. The van der Waals surface area contributed by atoms with Crippen molar-refractivity contribution >= 4 is 5.82 Å². The fourth-order valence-electron chi connectivity index (χ4n) is 1.89. The number of rotatable bonds is 4. The summed E-state index contributed by atoms with van der Waals surface area (Å²) in [6.45, 7) is 2.46. The Kier molecular flexibility index (Phi) is 3.89. The molecule has 2 heterocycles. The van der Waals surface area contributed by atoms with E-state index < -0.39 is 6.10 Å². The summed E-state index contributed by atoms with van der Waals surface area (Å²) in [5.74, 6) is 0.802. The molecule has 2 rings (SSSR count). The molecule has 0 aliphatic carbocycles. The van der Waals surface area contributed by atoms with Gasteiger partial charge in [0.2, 0.25) is 0 Å². The molecule has 0 radical (unpaired) electrons. The zero-order chi connectivity index (χ0) is 13.0. The number of aromatic nitrogens is 2. The first-order valence-electron chi connectivity index (χ1n) is 5.91. The molecule has 2 aromatic rings. The number of aliphatic hydroxyl groups is 1. The largest absolute Gasteiger partial charge is 0.389 e. The van der Waals surface area contributed by atoms with Gasteiger partial charge in [0.05, 0.1) is 6.10 Å². The summed E-state index contributed by atoms with van der Waals surface area (Å²) in [5.41, 5.74) is 1.95. The van der Waals surface area contributed by atoms with Gasteiger partial charge in [-0.15, -0.1) is 0 Å². The second-order valence-corrected chi connectivity index (χ2v) is 4.31. The Hall–Kier alpha value is -1.94.